The van der Waals surface area contributed by atoms with Gasteiger partial charge in [-0.1, -0.05) is 23.7 Å². The number of benzene rings is 2. The van der Waals surface area contributed by atoms with Gasteiger partial charge in [0.05, 0.1) is 10.5 Å². The lowest BCUT2D eigenvalue weighted by Crippen LogP contribution is -2.34. The third-order valence-electron chi connectivity index (χ3n) is 4.82. The van der Waals surface area contributed by atoms with E-state index in [9.17, 15) is 14.4 Å². The number of nitrogens with one attached hydrogen (secondary N) is 1. The van der Waals surface area contributed by atoms with Crippen molar-refractivity contribution in [3.05, 3.63) is 58.0 Å². The number of para-hydroxylation sites is 2. The Morgan fingerprint density at radius 2 is 1.90 bits per heavy atom. The standard InChI is InChI=1S/C22H24ClN3O5/c1-3-25(4-2)21(28)14-30-18-10-9-15(13-16(18)23)24-20(27)11-12-26-17-7-5-6-8-19(17)31-22(26)29/h5-10,13H,3-4,11-12,14H2,1-2H3,(H,24,27). The quantitative estimate of drug-likeness (QED) is 0.543. The Kier molecular flexibility index (Phi) is 7.36. The van der Waals surface area contributed by atoms with Crippen LogP contribution in [0.3, 0.4) is 0 Å². The molecule has 0 aliphatic heterocycles. The fraction of sp³-hybridized carbons (Fsp3) is 0.318. The summed E-state index contributed by atoms with van der Waals surface area (Å²) >= 11 is 6.23. The van der Waals surface area contributed by atoms with E-state index in [0.29, 0.717) is 35.6 Å². The number of oxazole rings is 1. The van der Waals surface area contributed by atoms with Gasteiger partial charge in [0, 0.05) is 31.7 Å². The lowest BCUT2D eigenvalue weighted by atomic mass is 10.2. The van der Waals surface area contributed by atoms with Gasteiger partial charge in [-0.25, -0.2) is 4.79 Å². The molecule has 0 aliphatic rings. The van der Waals surface area contributed by atoms with Gasteiger partial charge in [-0.15, -0.1) is 0 Å². The molecule has 164 valence electrons. The van der Waals surface area contributed by atoms with Crippen molar-refractivity contribution in [3.8, 4) is 5.75 Å². The number of amides is 2. The highest BCUT2D eigenvalue weighted by molar-refractivity contribution is 6.32. The fourth-order valence-electron chi connectivity index (χ4n) is 3.17. The molecule has 1 N–H and O–H groups in total. The Balaban J connectivity index is 1.57. The number of hydrogen-bond donors (Lipinski definition) is 1. The van der Waals surface area contributed by atoms with Crippen molar-refractivity contribution in [2.75, 3.05) is 25.0 Å². The van der Waals surface area contributed by atoms with Crippen molar-refractivity contribution in [2.24, 2.45) is 0 Å². The molecule has 0 radical (unpaired) electrons. The van der Waals surface area contributed by atoms with Crippen LogP contribution in [0.4, 0.5) is 5.69 Å². The highest BCUT2D eigenvalue weighted by atomic mass is 35.5. The molecule has 0 fully saturated rings. The van der Waals surface area contributed by atoms with Crippen LogP contribution in [0.1, 0.15) is 20.3 Å². The van der Waals surface area contributed by atoms with Crippen LogP contribution >= 0.6 is 11.6 Å². The van der Waals surface area contributed by atoms with Gasteiger partial charge in [-0.3, -0.25) is 14.2 Å². The summed E-state index contributed by atoms with van der Waals surface area (Å²) in [5.74, 6) is -0.548. The number of hydrogen-bond acceptors (Lipinski definition) is 5. The van der Waals surface area contributed by atoms with Crippen molar-refractivity contribution >= 4 is 40.2 Å². The number of aromatic nitrogens is 1. The molecular formula is C22H24ClN3O5. The molecule has 3 aromatic rings. The maximum Gasteiger partial charge on any atom is 0.419 e. The Hall–Kier alpha value is -3.26. The van der Waals surface area contributed by atoms with Crippen LogP contribution < -0.4 is 15.8 Å². The third-order valence-corrected chi connectivity index (χ3v) is 5.11. The zero-order chi connectivity index (χ0) is 22.4. The number of halogens is 1. The van der Waals surface area contributed by atoms with Gasteiger partial charge >= 0.3 is 5.76 Å². The summed E-state index contributed by atoms with van der Waals surface area (Å²) in [4.78, 5) is 38.0. The van der Waals surface area contributed by atoms with Gasteiger partial charge in [0.25, 0.3) is 5.91 Å². The molecule has 0 atom stereocenters. The van der Waals surface area contributed by atoms with Crippen molar-refractivity contribution in [3.63, 3.8) is 0 Å². The van der Waals surface area contributed by atoms with E-state index in [2.05, 4.69) is 5.32 Å². The Morgan fingerprint density at radius 1 is 1.16 bits per heavy atom. The molecule has 2 amide bonds. The molecule has 2 aromatic carbocycles. The predicted octanol–water partition coefficient (Wildman–Crippen LogP) is 3.52. The first-order valence-corrected chi connectivity index (χ1v) is 10.4. The molecule has 0 bridgehead atoms. The zero-order valence-corrected chi connectivity index (χ0v) is 18.1. The smallest absolute Gasteiger partial charge is 0.419 e. The maximum atomic E-state index is 12.3. The molecule has 8 nitrogen and oxygen atoms in total. The van der Waals surface area contributed by atoms with Crippen LogP contribution in [0.25, 0.3) is 11.1 Å². The molecule has 0 aliphatic carbocycles. The minimum Gasteiger partial charge on any atom is -0.482 e. The van der Waals surface area contributed by atoms with Gasteiger partial charge in [0.1, 0.15) is 5.75 Å². The Morgan fingerprint density at radius 3 is 2.61 bits per heavy atom. The summed E-state index contributed by atoms with van der Waals surface area (Å²) < 4.78 is 12.1. The number of carbonyl (C=O) groups is 2. The number of anilines is 1. The van der Waals surface area contributed by atoms with E-state index in [1.807, 2.05) is 13.8 Å². The minimum absolute atomic E-state index is 0.0810. The van der Waals surface area contributed by atoms with E-state index in [1.54, 1.807) is 47.4 Å². The van der Waals surface area contributed by atoms with Gasteiger partial charge in [-0.2, -0.15) is 0 Å². The van der Waals surface area contributed by atoms with Crippen molar-refractivity contribution in [1.82, 2.24) is 9.47 Å². The van der Waals surface area contributed by atoms with Crippen molar-refractivity contribution in [2.45, 2.75) is 26.8 Å². The minimum atomic E-state index is -0.502. The molecule has 1 heterocycles. The number of carbonyl (C=O) groups excluding carboxylic acids is 2. The molecule has 3 rings (SSSR count). The first kappa shape index (κ1) is 22.4. The summed E-state index contributed by atoms with van der Waals surface area (Å²) in [7, 11) is 0. The molecule has 0 unspecified atom stereocenters. The van der Waals surface area contributed by atoms with E-state index in [-0.39, 0.29) is 36.4 Å². The predicted molar refractivity (Wildman–Crippen MR) is 119 cm³/mol. The summed E-state index contributed by atoms with van der Waals surface area (Å²) in [6, 6.07) is 11.8. The Bertz CT molecular complexity index is 1130. The number of fused-ring (bicyclic) bond motifs is 1. The van der Waals surface area contributed by atoms with Crippen LogP contribution in [-0.2, 0) is 16.1 Å². The summed E-state index contributed by atoms with van der Waals surface area (Å²) in [5, 5.41) is 3.02. The first-order valence-electron chi connectivity index (χ1n) is 10.0. The second-order valence-corrected chi connectivity index (χ2v) is 7.19. The van der Waals surface area contributed by atoms with Crippen LogP contribution in [0, 0.1) is 0 Å². The lowest BCUT2D eigenvalue weighted by Gasteiger charge is -2.19. The molecular weight excluding hydrogens is 422 g/mol. The normalized spacial score (nSPS) is 10.8. The lowest BCUT2D eigenvalue weighted by molar-refractivity contribution is -0.133. The average molecular weight is 446 g/mol. The van der Waals surface area contributed by atoms with E-state index < -0.39 is 5.76 Å². The third kappa shape index (κ3) is 5.46. The van der Waals surface area contributed by atoms with E-state index in [0.717, 1.165) is 0 Å². The molecule has 9 heteroatoms. The number of likely N-dealkylation sites (N-methyl/N-ethyl adjacent to an activating group) is 1. The highest BCUT2D eigenvalue weighted by Gasteiger charge is 2.13. The number of rotatable bonds is 9. The van der Waals surface area contributed by atoms with E-state index in [1.165, 1.54) is 4.57 Å². The molecule has 0 saturated carbocycles. The average Bonchev–Trinajstić information content (AvgIpc) is 3.07. The van der Waals surface area contributed by atoms with Crippen LogP contribution in [0.2, 0.25) is 5.02 Å². The van der Waals surface area contributed by atoms with Crippen LogP contribution in [0.15, 0.2) is 51.7 Å². The number of aryl methyl sites for hydroxylation is 1. The van der Waals surface area contributed by atoms with Gasteiger partial charge < -0.3 is 19.4 Å². The number of nitrogens with zero attached hydrogens (tertiary/aromatic N) is 2. The van der Waals surface area contributed by atoms with Crippen LogP contribution in [0.5, 0.6) is 5.75 Å². The van der Waals surface area contributed by atoms with Crippen LogP contribution in [-0.4, -0.2) is 41.0 Å². The number of ether oxygens (including phenoxy) is 1. The monoisotopic (exact) mass is 445 g/mol. The second kappa shape index (κ2) is 10.2. The zero-order valence-electron chi connectivity index (χ0n) is 17.4. The topological polar surface area (TPSA) is 93.8 Å². The maximum absolute atomic E-state index is 12.3. The van der Waals surface area contributed by atoms with Gasteiger partial charge in [0.15, 0.2) is 12.2 Å². The van der Waals surface area contributed by atoms with Gasteiger partial charge in [-0.05, 0) is 44.2 Å². The molecule has 1 aromatic heterocycles. The largest absolute Gasteiger partial charge is 0.482 e. The van der Waals surface area contributed by atoms with E-state index in [4.69, 9.17) is 20.8 Å². The van der Waals surface area contributed by atoms with Crippen molar-refractivity contribution in [1.29, 1.82) is 0 Å². The second-order valence-electron chi connectivity index (χ2n) is 6.79. The SMILES string of the molecule is CCN(CC)C(=O)COc1ccc(NC(=O)CCn2c(=O)oc3ccccc32)cc1Cl. The summed E-state index contributed by atoms with van der Waals surface area (Å²) in [6.07, 6.45) is 0.0810. The van der Waals surface area contributed by atoms with E-state index >= 15 is 0 Å². The highest BCUT2D eigenvalue weighted by Crippen LogP contribution is 2.28. The molecule has 31 heavy (non-hydrogen) atoms. The summed E-state index contributed by atoms with van der Waals surface area (Å²) in [5.41, 5.74) is 1.61. The van der Waals surface area contributed by atoms with Crippen molar-refractivity contribution < 1.29 is 18.7 Å². The fourth-order valence-corrected chi connectivity index (χ4v) is 3.40. The molecule has 0 spiro atoms. The van der Waals surface area contributed by atoms with Gasteiger partial charge in [0.2, 0.25) is 5.91 Å². The molecule has 0 saturated heterocycles. The first-order chi connectivity index (χ1) is 14.9. The summed E-state index contributed by atoms with van der Waals surface area (Å²) in [6.45, 7) is 5.09. The Labute approximate surface area is 184 Å².